The molecule has 0 unspecified atom stereocenters. The minimum atomic E-state index is -4.60. The first-order valence-corrected chi connectivity index (χ1v) is 6.53. The molecule has 0 saturated heterocycles. The Morgan fingerprint density at radius 3 is 2.52 bits per heavy atom. The molecule has 0 aliphatic rings. The van der Waals surface area contributed by atoms with Gasteiger partial charge in [0.2, 0.25) is 5.88 Å². The summed E-state index contributed by atoms with van der Waals surface area (Å²) in [5.74, 6) is -0.0620. The summed E-state index contributed by atoms with van der Waals surface area (Å²) in [4.78, 5) is 3.38. The van der Waals surface area contributed by atoms with Gasteiger partial charge in [0.15, 0.2) is 0 Å². The topological polar surface area (TPSA) is 45.9 Å². The Kier molecular flexibility index (Phi) is 4.19. The summed E-state index contributed by atoms with van der Waals surface area (Å²) in [5, 5.41) is 8.93. The summed E-state index contributed by atoms with van der Waals surface area (Å²) in [6.07, 6.45) is -4.60. The maximum absolute atomic E-state index is 12.7. The van der Waals surface area contributed by atoms with Crippen molar-refractivity contribution >= 4 is 15.9 Å². The van der Waals surface area contributed by atoms with Gasteiger partial charge in [0.05, 0.1) is 0 Å². The van der Waals surface area contributed by atoms with Crippen molar-refractivity contribution in [3.63, 3.8) is 0 Å². The number of hydrogen-bond acceptors (Lipinski definition) is 3. The number of ether oxygens (including phenoxy) is 1. The highest BCUT2D eigenvalue weighted by Crippen LogP contribution is 2.32. The Morgan fingerprint density at radius 1 is 1.24 bits per heavy atom. The number of halogens is 4. The fourth-order valence-electron chi connectivity index (χ4n) is 1.55. The predicted octanol–water partition coefficient (Wildman–Crippen LogP) is 4.84. The van der Waals surface area contributed by atoms with E-state index in [1.807, 2.05) is 6.92 Å². The molecule has 0 radical (unpaired) electrons. The van der Waals surface area contributed by atoms with Crippen molar-refractivity contribution in [3.8, 4) is 17.7 Å². The molecule has 0 fully saturated rings. The number of hydrogen-bond donors (Lipinski definition) is 0. The molecule has 1 heterocycles. The minimum Gasteiger partial charge on any atom is -0.438 e. The van der Waals surface area contributed by atoms with Gasteiger partial charge in [0, 0.05) is 4.47 Å². The zero-order chi connectivity index (χ0) is 15.6. The van der Waals surface area contributed by atoms with Gasteiger partial charge in [-0.3, -0.25) is 0 Å². The number of aromatic nitrogens is 1. The highest BCUT2D eigenvalue weighted by atomic mass is 79.9. The third kappa shape index (κ3) is 3.52. The highest BCUT2D eigenvalue weighted by molar-refractivity contribution is 9.10. The van der Waals surface area contributed by atoms with Crippen LogP contribution in [-0.4, -0.2) is 4.98 Å². The van der Waals surface area contributed by atoms with Gasteiger partial charge in [0.1, 0.15) is 23.1 Å². The van der Waals surface area contributed by atoms with Crippen LogP contribution in [0.25, 0.3) is 0 Å². The standard InChI is InChI=1S/C14H8BrF3N2O/c1-8-6-10(3-4-11(8)15)21-13-9(7-19)2-5-12(20-13)14(16,17)18/h2-6H,1H3. The van der Waals surface area contributed by atoms with Crippen LogP contribution in [0.4, 0.5) is 13.2 Å². The normalized spacial score (nSPS) is 11.0. The van der Waals surface area contributed by atoms with E-state index in [0.717, 1.165) is 22.2 Å². The molecule has 1 aromatic heterocycles. The van der Waals surface area contributed by atoms with E-state index < -0.39 is 11.9 Å². The second-order valence-corrected chi connectivity index (χ2v) is 5.03. The molecule has 0 bridgehead atoms. The van der Waals surface area contributed by atoms with Crippen LogP contribution in [0.3, 0.4) is 0 Å². The van der Waals surface area contributed by atoms with Crippen LogP contribution in [0.15, 0.2) is 34.8 Å². The van der Waals surface area contributed by atoms with Crippen molar-refractivity contribution in [1.29, 1.82) is 5.26 Å². The van der Waals surface area contributed by atoms with Crippen LogP contribution >= 0.6 is 15.9 Å². The molecule has 2 aromatic rings. The van der Waals surface area contributed by atoms with E-state index in [1.165, 1.54) is 0 Å². The minimum absolute atomic E-state index is 0.0661. The predicted molar refractivity (Wildman–Crippen MR) is 72.9 cm³/mol. The molecule has 0 N–H and O–H groups in total. The van der Waals surface area contributed by atoms with Crippen LogP contribution in [0.5, 0.6) is 11.6 Å². The van der Waals surface area contributed by atoms with Crippen LogP contribution in [0.2, 0.25) is 0 Å². The Hall–Kier alpha value is -2.07. The van der Waals surface area contributed by atoms with Gasteiger partial charge < -0.3 is 4.74 Å². The molecule has 3 nitrogen and oxygen atoms in total. The van der Waals surface area contributed by atoms with Gasteiger partial charge >= 0.3 is 6.18 Å². The maximum atomic E-state index is 12.7. The summed E-state index contributed by atoms with van der Waals surface area (Å²) in [7, 11) is 0. The molecular weight excluding hydrogens is 349 g/mol. The third-order valence-electron chi connectivity index (χ3n) is 2.62. The van der Waals surface area contributed by atoms with E-state index in [1.54, 1.807) is 24.3 Å². The van der Waals surface area contributed by atoms with Gasteiger partial charge in [0.25, 0.3) is 0 Å². The van der Waals surface area contributed by atoms with E-state index in [-0.39, 0.29) is 11.4 Å². The Bertz CT molecular complexity index is 723. The van der Waals surface area contributed by atoms with E-state index in [2.05, 4.69) is 20.9 Å². The fraction of sp³-hybridized carbons (Fsp3) is 0.143. The summed E-state index contributed by atoms with van der Waals surface area (Å²) in [6.45, 7) is 1.81. The molecule has 0 saturated carbocycles. The molecule has 21 heavy (non-hydrogen) atoms. The quantitative estimate of drug-likeness (QED) is 0.773. The average Bonchev–Trinajstić information content (AvgIpc) is 2.42. The van der Waals surface area contributed by atoms with E-state index in [0.29, 0.717) is 5.75 Å². The lowest BCUT2D eigenvalue weighted by Gasteiger charge is -2.11. The van der Waals surface area contributed by atoms with Crippen molar-refractivity contribution in [2.24, 2.45) is 0 Å². The number of nitrogens with zero attached hydrogens (tertiary/aromatic N) is 2. The number of benzene rings is 1. The number of rotatable bonds is 2. The lowest BCUT2D eigenvalue weighted by molar-refractivity contribution is -0.141. The smallest absolute Gasteiger partial charge is 0.433 e. The van der Waals surface area contributed by atoms with Gasteiger partial charge in [-0.1, -0.05) is 15.9 Å². The van der Waals surface area contributed by atoms with Gasteiger partial charge in [-0.2, -0.15) is 18.4 Å². The van der Waals surface area contributed by atoms with Gasteiger partial charge in [-0.25, -0.2) is 4.98 Å². The first-order chi connectivity index (χ1) is 9.81. The zero-order valence-corrected chi connectivity index (χ0v) is 12.3. The lowest BCUT2D eigenvalue weighted by atomic mass is 10.2. The maximum Gasteiger partial charge on any atom is 0.433 e. The summed E-state index contributed by atoms with van der Waals surface area (Å²) < 4.78 is 44.1. The van der Waals surface area contributed by atoms with Crippen LogP contribution in [-0.2, 0) is 6.18 Å². The average molecular weight is 357 g/mol. The van der Waals surface area contributed by atoms with Crippen LogP contribution in [0, 0.1) is 18.3 Å². The van der Waals surface area contributed by atoms with E-state index >= 15 is 0 Å². The Balaban J connectivity index is 2.42. The molecule has 0 spiro atoms. The molecule has 0 amide bonds. The summed E-state index contributed by atoms with van der Waals surface area (Å²) >= 11 is 3.31. The van der Waals surface area contributed by atoms with Gasteiger partial charge in [-0.15, -0.1) is 0 Å². The lowest BCUT2D eigenvalue weighted by Crippen LogP contribution is -2.09. The van der Waals surface area contributed by atoms with E-state index in [9.17, 15) is 13.2 Å². The number of pyridine rings is 1. The Morgan fingerprint density at radius 2 is 1.95 bits per heavy atom. The first-order valence-electron chi connectivity index (χ1n) is 5.73. The number of nitriles is 1. The van der Waals surface area contributed by atoms with Crippen molar-refractivity contribution in [2.75, 3.05) is 0 Å². The highest BCUT2D eigenvalue weighted by Gasteiger charge is 2.33. The number of aryl methyl sites for hydroxylation is 1. The fourth-order valence-corrected chi connectivity index (χ4v) is 1.80. The SMILES string of the molecule is Cc1cc(Oc2nc(C(F)(F)F)ccc2C#N)ccc1Br. The Labute approximate surface area is 127 Å². The largest absolute Gasteiger partial charge is 0.438 e. The molecule has 108 valence electrons. The van der Waals surface area contributed by atoms with Crippen molar-refractivity contribution < 1.29 is 17.9 Å². The molecule has 2 rings (SSSR count). The monoisotopic (exact) mass is 356 g/mol. The molecule has 0 aliphatic carbocycles. The van der Waals surface area contributed by atoms with E-state index in [4.69, 9.17) is 10.00 Å². The van der Waals surface area contributed by atoms with Gasteiger partial charge in [-0.05, 0) is 42.8 Å². The zero-order valence-electron chi connectivity index (χ0n) is 10.7. The first kappa shape index (κ1) is 15.3. The molecule has 0 atom stereocenters. The second kappa shape index (κ2) is 5.74. The summed E-state index contributed by atoms with van der Waals surface area (Å²) in [5.41, 5.74) is -0.327. The van der Waals surface area contributed by atoms with Crippen LogP contribution in [0.1, 0.15) is 16.8 Å². The molecule has 1 aromatic carbocycles. The molecular formula is C14H8BrF3N2O. The van der Waals surface area contributed by atoms with Crippen LogP contribution < -0.4 is 4.74 Å². The summed E-state index contributed by atoms with van der Waals surface area (Å²) in [6, 6.07) is 8.44. The van der Waals surface area contributed by atoms with Crippen molar-refractivity contribution in [1.82, 2.24) is 4.98 Å². The number of alkyl halides is 3. The van der Waals surface area contributed by atoms with Crippen molar-refractivity contribution in [2.45, 2.75) is 13.1 Å². The third-order valence-corrected chi connectivity index (χ3v) is 3.50. The second-order valence-electron chi connectivity index (χ2n) is 4.17. The van der Waals surface area contributed by atoms with Crippen molar-refractivity contribution in [3.05, 3.63) is 51.6 Å². The molecule has 7 heteroatoms. The molecule has 0 aliphatic heterocycles.